The summed E-state index contributed by atoms with van der Waals surface area (Å²) in [5.74, 6) is 0.463. The second-order valence-electron chi connectivity index (χ2n) is 7.02. The molecular weight excluding hydrogens is 330 g/mol. The summed E-state index contributed by atoms with van der Waals surface area (Å²) in [6.45, 7) is 2.52. The molecule has 1 saturated heterocycles. The molecule has 3 nitrogen and oxygen atoms in total. The van der Waals surface area contributed by atoms with Crippen molar-refractivity contribution in [3.8, 4) is 0 Å². The lowest BCUT2D eigenvalue weighted by Crippen LogP contribution is -2.50. The molecule has 23 heavy (non-hydrogen) atoms. The first-order valence-electron chi connectivity index (χ1n) is 8.71. The third-order valence-corrected chi connectivity index (χ3v) is 7.69. The SMILES string of the molecule is Cc1ccc(S(=O)(=O)N2CC[C@@H](Cl)CC2C2CCCCC2)cc1. The lowest BCUT2D eigenvalue weighted by atomic mass is 9.81. The third-order valence-electron chi connectivity index (χ3n) is 5.35. The minimum absolute atomic E-state index is 0.0675. The number of sulfonamides is 1. The quantitative estimate of drug-likeness (QED) is 0.756. The van der Waals surface area contributed by atoms with Gasteiger partial charge in [0.05, 0.1) is 4.90 Å². The van der Waals surface area contributed by atoms with Crippen molar-refractivity contribution in [2.45, 2.75) is 68.2 Å². The molecule has 128 valence electrons. The van der Waals surface area contributed by atoms with Gasteiger partial charge < -0.3 is 0 Å². The van der Waals surface area contributed by atoms with Gasteiger partial charge in [0, 0.05) is 18.0 Å². The second kappa shape index (κ2) is 7.12. The van der Waals surface area contributed by atoms with Crippen molar-refractivity contribution in [3.05, 3.63) is 29.8 Å². The number of hydrogen-bond donors (Lipinski definition) is 0. The van der Waals surface area contributed by atoms with Gasteiger partial charge in [-0.15, -0.1) is 11.6 Å². The summed E-state index contributed by atoms with van der Waals surface area (Å²) in [6, 6.07) is 7.27. The van der Waals surface area contributed by atoms with Gasteiger partial charge in [-0.1, -0.05) is 37.0 Å². The van der Waals surface area contributed by atoms with Crippen molar-refractivity contribution in [1.29, 1.82) is 0 Å². The molecule has 0 spiro atoms. The Labute approximate surface area is 145 Å². The van der Waals surface area contributed by atoms with E-state index in [2.05, 4.69) is 0 Å². The monoisotopic (exact) mass is 355 g/mol. The Balaban J connectivity index is 1.89. The Bertz CT molecular complexity index is 623. The summed E-state index contributed by atoms with van der Waals surface area (Å²) in [5, 5.41) is 0.103. The van der Waals surface area contributed by atoms with Crippen LogP contribution in [0, 0.1) is 12.8 Å². The number of hydrogen-bond acceptors (Lipinski definition) is 2. The van der Waals surface area contributed by atoms with Gasteiger partial charge in [0.25, 0.3) is 0 Å². The minimum atomic E-state index is -3.43. The minimum Gasteiger partial charge on any atom is -0.207 e. The molecule has 2 atom stereocenters. The van der Waals surface area contributed by atoms with Crippen molar-refractivity contribution in [2.24, 2.45) is 5.92 Å². The Kier molecular flexibility index (Phi) is 5.34. The topological polar surface area (TPSA) is 37.4 Å². The predicted octanol–water partition coefficient (Wildman–Crippen LogP) is 4.34. The Morgan fingerprint density at radius 3 is 2.35 bits per heavy atom. The molecule has 0 amide bonds. The number of benzene rings is 1. The van der Waals surface area contributed by atoms with Gasteiger partial charge in [0.1, 0.15) is 0 Å². The van der Waals surface area contributed by atoms with Crippen LogP contribution < -0.4 is 0 Å². The van der Waals surface area contributed by atoms with Crippen LogP contribution in [-0.2, 0) is 10.0 Å². The highest BCUT2D eigenvalue weighted by Crippen LogP contribution is 2.37. The summed E-state index contributed by atoms with van der Waals surface area (Å²) < 4.78 is 28.0. The van der Waals surface area contributed by atoms with Crippen molar-refractivity contribution >= 4 is 21.6 Å². The number of alkyl halides is 1. The maximum Gasteiger partial charge on any atom is 0.243 e. The zero-order chi connectivity index (χ0) is 16.4. The fourth-order valence-corrected chi connectivity index (χ4v) is 6.01. The van der Waals surface area contributed by atoms with E-state index in [-0.39, 0.29) is 11.4 Å². The Hall–Kier alpha value is -0.580. The van der Waals surface area contributed by atoms with Gasteiger partial charge >= 0.3 is 0 Å². The van der Waals surface area contributed by atoms with E-state index in [1.807, 2.05) is 19.1 Å². The normalized spacial score (nSPS) is 27.9. The lowest BCUT2D eigenvalue weighted by Gasteiger charge is -2.42. The molecule has 2 aliphatic rings. The number of nitrogens with zero attached hydrogens (tertiary/aromatic N) is 1. The fraction of sp³-hybridized carbons (Fsp3) is 0.667. The molecule has 1 unspecified atom stereocenters. The summed E-state index contributed by atoms with van der Waals surface area (Å²) in [6.07, 6.45) is 7.51. The molecule has 0 bridgehead atoms. The van der Waals surface area contributed by atoms with Crippen molar-refractivity contribution < 1.29 is 8.42 Å². The summed E-state index contributed by atoms with van der Waals surface area (Å²) >= 11 is 6.39. The lowest BCUT2D eigenvalue weighted by molar-refractivity contribution is 0.155. The first-order valence-corrected chi connectivity index (χ1v) is 10.6. The van der Waals surface area contributed by atoms with Crippen molar-refractivity contribution in [1.82, 2.24) is 4.31 Å². The van der Waals surface area contributed by atoms with E-state index in [4.69, 9.17) is 11.6 Å². The van der Waals surface area contributed by atoms with E-state index < -0.39 is 10.0 Å². The van der Waals surface area contributed by atoms with Crippen LogP contribution in [0.25, 0.3) is 0 Å². The zero-order valence-electron chi connectivity index (χ0n) is 13.7. The highest BCUT2D eigenvalue weighted by atomic mass is 35.5. The largest absolute Gasteiger partial charge is 0.243 e. The van der Waals surface area contributed by atoms with Gasteiger partial charge in [-0.2, -0.15) is 4.31 Å². The molecule has 1 aliphatic carbocycles. The molecule has 0 N–H and O–H groups in total. The van der Waals surface area contributed by atoms with Crippen LogP contribution in [0.1, 0.15) is 50.5 Å². The van der Waals surface area contributed by atoms with Crippen LogP contribution in [0.3, 0.4) is 0 Å². The molecule has 1 heterocycles. The van der Waals surface area contributed by atoms with E-state index >= 15 is 0 Å². The van der Waals surface area contributed by atoms with Crippen LogP contribution in [0.4, 0.5) is 0 Å². The van der Waals surface area contributed by atoms with Crippen LogP contribution in [0.2, 0.25) is 0 Å². The molecule has 3 rings (SSSR count). The van der Waals surface area contributed by atoms with Crippen LogP contribution >= 0.6 is 11.6 Å². The molecule has 1 aromatic rings. The van der Waals surface area contributed by atoms with E-state index in [0.717, 1.165) is 31.2 Å². The van der Waals surface area contributed by atoms with Crippen LogP contribution in [0.15, 0.2) is 29.2 Å². The highest BCUT2D eigenvalue weighted by molar-refractivity contribution is 7.89. The van der Waals surface area contributed by atoms with Gasteiger partial charge in [0.15, 0.2) is 0 Å². The van der Waals surface area contributed by atoms with Gasteiger partial charge in [-0.3, -0.25) is 0 Å². The average Bonchev–Trinajstić information content (AvgIpc) is 2.56. The molecule has 1 saturated carbocycles. The molecule has 1 aromatic carbocycles. The number of rotatable bonds is 3. The van der Waals surface area contributed by atoms with Crippen LogP contribution in [0.5, 0.6) is 0 Å². The third kappa shape index (κ3) is 3.75. The zero-order valence-corrected chi connectivity index (χ0v) is 15.3. The van der Waals surface area contributed by atoms with E-state index in [0.29, 0.717) is 17.4 Å². The van der Waals surface area contributed by atoms with Crippen molar-refractivity contribution in [2.75, 3.05) is 6.54 Å². The predicted molar refractivity (Wildman–Crippen MR) is 94.3 cm³/mol. The summed E-state index contributed by atoms with van der Waals surface area (Å²) in [5.41, 5.74) is 1.08. The first kappa shape index (κ1) is 17.2. The maximum atomic E-state index is 13.1. The van der Waals surface area contributed by atoms with Gasteiger partial charge in [-0.05, 0) is 50.7 Å². The molecule has 2 fully saturated rings. The van der Waals surface area contributed by atoms with E-state index in [9.17, 15) is 8.42 Å². The maximum absolute atomic E-state index is 13.1. The molecule has 0 radical (unpaired) electrons. The fourth-order valence-electron chi connectivity index (χ4n) is 4.02. The standard InChI is InChI=1S/C18H26ClNO2S/c1-14-7-9-17(10-8-14)23(21,22)20-12-11-16(19)13-18(20)15-5-3-2-4-6-15/h7-10,15-16,18H,2-6,11-13H2,1H3/t16-,18?/m1/s1. The highest BCUT2D eigenvalue weighted by Gasteiger charge is 2.40. The first-order chi connectivity index (χ1) is 11.0. The van der Waals surface area contributed by atoms with E-state index in [1.54, 1.807) is 16.4 Å². The molecule has 1 aliphatic heterocycles. The van der Waals surface area contributed by atoms with Gasteiger partial charge in [-0.25, -0.2) is 8.42 Å². The Morgan fingerprint density at radius 1 is 1.04 bits per heavy atom. The van der Waals surface area contributed by atoms with E-state index in [1.165, 1.54) is 19.3 Å². The van der Waals surface area contributed by atoms with Crippen LogP contribution in [-0.4, -0.2) is 30.7 Å². The number of aryl methyl sites for hydroxylation is 1. The number of halogens is 1. The second-order valence-corrected chi connectivity index (χ2v) is 9.52. The summed E-state index contributed by atoms with van der Waals surface area (Å²) in [4.78, 5) is 0.414. The summed E-state index contributed by atoms with van der Waals surface area (Å²) in [7, 11) is -3.43. The van der Waals surface area contributed by atoms with Crippen molar-refractivity contribution in [3.63, 3.8) is 0 Å². The smallest absolute Gasteiger partial charge is 0.207 e. The van der Waals surface area contributed by atoms with Gasteiger partial charge in [0.2, 0.25) is 10.0 Å². The molecule has 5 heteroatoms. The average molecular weight is 356 g/mol. The molecular formula is C18H26ClNO2S. The molecule has 0 aromatic heterocycles. The Morgan fingerprint density at radius 2 is 1.70 bits per heavy atom. The number of piperidine rings is 1.